The average Bonchev–Trinajstić information content (AvgIpc) is 2.61. The quantitative estimate of drug-likeness (QED) is 0.794. The molecule has 0 saturated carbocycles. The minimum absolute atomic E-state index is 0.166. The van der Waals surface area contributed by atoms with Crippen LogP contribution in [0.25, 0.3) is 0 Å². The maximum Gasteiger partial charge on any atom is 0.344 e. The predicted molar refractivity (Wildman–Crippen MR) is 90.5 cm³/mol. The number of hydrogen-bond acceptors (Lipinski definition) is 4. The zero-order chi connectivity index (χ0) is 17.4. The van der Waals surface area contributed by atoms with Gasteiger partial charge in [-0.15, -0.1) is 0 Å². The predicted octanol–water partition coefficient (Wildman–Crippen LogP) is 2.87. The molecule has 1 amide bonds. The van der Waals surface area contributed by atoms with Crippen molar-refractivity contribution in [1.29, 1.82) is 0 Å². The molecular weight excluding hydrogens is 306 g/mol. The third-order valence-corrected chi connectivity index (χ3v) is 3.44. The molecule has 0 spiro atoms. The number of amides is 1. The lowest BCUT2D eigenvalue weighted by atomic mass is 10.1. The van der Waals surface area contributed by atoms with Gasteiger partial charge in [-0.3, -0.25) is 4.79 Å². The van der Waals surface area contributed by atoms with E-state index in [9.17, 15) is 9.59 Å². The summed E-state index contributed by atoms with van der Waals surface area (Å²) >= 11 is 0. The first kappa shape index (κ1) is 17.5. The number of ether oxygens (including phenoxy) is 2. The fraction of sp³-hybridized carbons (Fsp3) is 0.263. The highest BCUT2D eigenvalue weighted by Gasteiger charge is 2.20. The number of esters is 1. The molecule has 0 aliphatic carbocycles. The van der Waals surface area contributed by atoms with Crippen LogP contribution in [-0.4, -0.2) is 24.6 Å². The van der Waals surface area contributed by atoms with E-state index in [1.165, 1.54) is 6.92 Å². The van der Waals surface area contributed by atoms with E-state index < -0.39 is 12.1 Å². The number of carbonyl (C=O) groups is 2. The van der Waals surface area contributed by atoms with Crippen LogP contribution >= 0.6 is 0 Å². The van der Waals surface area contributed by atoms with Crippen LogP contribution in [0.2, 0.25) is 0 Å². The van der Waals surface area contributed by atoms with Crippen LogP contribution in [0, 0.1) is 0 Å². The van der Waals surface area contributed by atoms with E-state index in [1.54, 1.807) is 12.1 Å². The average molecular weight is 327 g/mol. The van der Waals surface area contributed by atoms with E-state index in [1.807, 2.05) is 55.5 Å². The molecule has 2 aromatic rings. The second-order valence-electron chi connectivity index (χ2n) is 5.37. The number of nitrogens with one attached hydrogen (secondary N) is 1. The molecule has 2 rings (SSSR count). The third kappa shape index (κ3) is 5.43. The highest BCUT2D eigenvalue weighted by atomic mass is 16.6. The van der Waals surface area contributed by atoms with Gasteiger partial charge in [0.05, 0.1) is 6.04 Å². The normalized spacial score (nSPS) is 12.8. The Morgan fingerprint density at radius 1 is 0.958 bits per heavy atom. The molecule has 1 N–H and O–H groups in total. The summed E-state index contributed by atoms with van der Waals surface area (Å²) in [5, 5.41) is 2.82. The van der Waals surface area contributed by atoms with Gasteiger partial charge in [0.25, 0.3) is 5.91 Å². The maximum absolute atomic E-state index is 12.1. The summed E-state index contributed by atoms with van der Waals surface area (Å²) in [6.07, 6.45) is -0.886. The number of carbonyl (C=O) groups excluding carboxylic acids is 2. The number of hydrogen-bond donors (Lipinski definition) is 1. The lowest BCUT2D eigenvalue weighted by Crippen LogP contribution is -2.38. The monoisotopic (exact) mass is 327 g/mol. The molecule has 24 heavy (non-hydrogen) atoms. The first-order valence-corrected chi connectivity index (χ1v) is 7.79. The van der Waals surface area contributed by atoms with E-state index in [2.05, 4.69) is 5.32 Å². The van der Waals surface area contributed by atoms with Gasteiger partial charge in [0, 0.05) is 0 Å². The largest absolute Gasteiger partial charge is 0.482 e. The standard InChI is InChI=1S/C19H21NO4/c1-14(16-9-5-3-6-10-16)20-19(22)15(2)24-18(21)13-23-17-11-7-4-8-12-17/h3-12,14-15H,13H2,1-2H3,(H,20,22). The maximum atomic E-state index is 12.1. The first-order valence-electron chi connectivity index (χ1n) is 7.79. The SMILES string of the molecule is CC(OC(=O)COc1ccccc1)C(=O)NC(C)c1ccccc1. The van der Waals surface area contributed by atoms with Gasteiger partial charge in [0.2, 0.25) is 0 Å². The van der Waals surface area contributed by atoms with Gasteiger partial charge in [-0.25, -0.2) is 4.79 Å². The van der Waals surface area contributed by atoms with Gasteiger partial charge in [0.15, 0.2) is 12.7 Å². The Hall–Kier alpha value is -2.82. The van der Waals surface area contributed by atoms with Crippen LogP contribution in [-0.2, 0) is 14.3 Å². The van der Waals surface area contributed by atoms with Crippen molar-refractivity contribution in [3.8, 4) is 5.75 Å². The summed E-state index contributed by atoms with van der Waals surface area (Å²) in [4.78, 5) is 23.9. The summed E-state index contributed by atoms with van der Waals surface area (Å²) in [7, 11) is 0. The summed E-state index contributed by atoms with van der Waals surface area (Å²) in [5.41, 5.74) is 0.983. The number of rotatable bonds is 7. The van der Waals surface area contributed by atoms with Gasteiger partial charge < -0.3 is 14.8 Å². The van der Waals surface area contributed by atoms with E-state index in [4.69, 9.17) is 9.47 Å². The van der Waals surface area contributed by atoms with Crippen LogP contribution in [0.4, 0.5) is 0 Å². The smallest absolute Gasteiger partial charge is 0.344 e. The zero-order valence-corrected chi connectivity index (χ0v) is 13.8. The molecule has 0 aromatic heterocycles. The topological polar surface area (TPSA) is 64.6 Å². The van der Waals surface area contributed by atoms with Crippen molar-refractivity contribution in [3.05, 3.63) is 66.2 Å². The minimum Gasteiger partial charge on any atom is -0.482 e. The molecule has 0 bridgehead atoms. The lowest BCUT2D eigenvalue weighted by Gasteiger charge is -2.18. The molecule has 0 aliphatic rings. The molecule has 2 atom stereocenters. The van der Waals surface area contributed by atoms with Crippen molar-refractivity contribution in [2.45, 2.75) is 26.0 Å². The van der Waals surface area contributed by atoms with Crippen molar-refractivity contribution in [2.24, 2.45) is 0 Å². The van der Waals surface area contributed by atoms with Gasteiger partial charge in [-0.05, 0) is 31.5 Å². The minimum atomic E-state index is -0.886. The molecule has 0 aliphatic heterocycles. The Morgan fingerprint density at radius 2 is 1.54 bits per heavy atom. The summed E-state index contributed by atoms with van der Waals surface area (Å²) in [6.45, 7) is 3.17. The highest BCUT2D eigenvalue weighted by molar-refractivity contribution is 5.84. The number of benzene rings is 2. The molecule has 126 valence electrons. The molecule has 0 heterocycles. The third-order valence-electron chi connectivity index (χ3n) is 3.44. The second-order valence-corrected chi connectivity index (χ2v) is 5.37. The van der Waals surface area contributed by atoms with E-state index >= 15 is 0 Å². The van der Waals surface area contributed by atoms with Gasteiger partial charge in [-0.2, -0.15) is 0 Å². The molecule has 2 unspecified atom stereocenters. The van der Waals surface area contributed by atoms with Crippen molar-refractivity contribution in [3.63, 3.8) is 0 Å². The molecule has 2 aromatic carbocycles. The molecule has 0 fully saturated rings. The van der Waals surface area contributed by atoms with Crippen molar-refractivity contribution >= 4 is 11.9 Å². The first-order chi connectivity index (χ1) is 11.6. The van der Waals surface area contributed by atoms with Crippen LogP contribution in [0.5, 0.6) is 5.75 Å². The lowest BCUT2D eigenvalue weighted by molar-refractivity contribution is -0.156. The van der Waals surface area contributed by atoms with Gasteiger partial charge in [-0.1, -0.05) is 48.5 Å². The molecule has 5 nitrogen and oxygen atoms in total. The summed E-state index contributed by atoms with van der Waals surface area (Å²) < 4.78 is 10.4. The fourth-order valence-electron chi connectivity index (χ4n) is 2.10. The zero-order valence-electron chi connectivity index (χ0n) is 13.8. The molecular formula is C19H21NO4. The van der Waals surface area contributed by atoms with Crippen molar-refractivity contribution in [1.82, 2.24) is 5.32 Å². The Kier molecular flexibility index (Phi) is 6.37. The van der Waals surface area contributed by atoms with E-state index in [-0.39, 0.29) is 18.6 Å². The summed E-state index contributed by atoms with van der Waals surface area (Å²) in [5.74, 6) is -0.363. The van der Waals surface area contributed by atoms with Crippen LogP contribution < -0.4 is 10.1 Å². The highest BCUT2D eigenvalue weighted by Crippen LogP contribution is 2.12. The van der Waals surface area contributed by atoms with Gasteiger partial charge in [0.1, 0.15) is 5.75 Å². The molecule has 0 saturated heterocycles. The molecule has 5 heteroatoms. The van der Waals surface area contributed by atoms with Crippen molar-refractivity contribution in [2.75, 3.05) is 6.61 Å². The number of para-hydroxylation sites is 1. The Labute approximate surface area is 141 Å². The Bertz CT molecular complexity index is 658. The van der Waals surface area contributed by atoms with Crippen LogP contribution in [0.1, 0.15) is 25.5 Å². The Balaban J connectivity index is 1.77. The van der Waals surface area contributed by atoms with Crippen molar-refractivity contribution < 1.29 is 19.1 Å². The second kappa shape index (κ2) is 8.72. The van der Waals surface area contributed by atoms with E-state index in [0.717, 1.165) is 5.56 Å². The van der Waals surface area contributed by atoms with E-state index in [0.29, 0.717) is 5.75 Å². The van der Waals surface area contributed by atoms with Gasteiger partial charge >= 0.3 is 5.97 Å². The fourth-order valence-corrected chi connectivity index (χ4v) is 2.10. The van der Waals surface area contributed by atoms with Crippen LogP contribution in [0.15, 0.2) is 60.7 Å². The Morgan fingerprint density at radius 3 is 2.17 bits per heavy atom. The summed E-state index contributed by atoms with van der Waals surface area (Å²) in [6, 6.07) is 18.4. The van der Waals surface area contributed by atoms with Crippen LogP contribution in [0.3, 0.4) is 0 Å². The molecule has 0 radical (unpaired) electrons.